The summed E-state index contributed by atoms with van der Waals surface area (Å²) in [6.45, 7) is 6.93. The largest absolute Gasteiger partial charge is 0.0860 e. The predicted octanol–water partition coefficient (Wildman–Crippen LogP) is 5.86. The van der Waals surface area contributed by atoms with Crippen molar-refractivity contribution in [1.29, 1.82) is 0 Å². The Kier molecular flexibility index (Phi) is 4.60. The fraction of sp³-hybridized carbons (Fsp3) is 0.375. The molecule has 0 aromatic heterocycles. The summed E-state index contributed by atoms with van der Waals surface area (Å²) in [6, 6.07) is 14.2. The first-order valence-corrected chi connectivity index (χ1v) is 10.3. The topological polar surface area (TPSA) is 0 Å². The molecule has 0 saturated carbocycles. The highest BCUT2D eigenvalue weighted by molar-refractivity contribution is 6.92. The van der Waals surface area contributed by atoms with Crippen LogP contribution in [-0.4, -0.2) is 8.07 Å². The quantitative estimate of drug-likeness (QED) is 0.620. The van der Waals surface area contributed by atoms with E-state index in [1.807, 2.05) is 18.2 Å². The first kappa shape index (κ1) is 14.9. The van der Waals surface area contributed by atoms with Gasteiger partial charge in [0.2, 0.25) is 0 Å². The molecule has 3 heteroatoms. The molecule has 0 bridgehead atoms. The number of benzene rings is 2. The second-order valence-electron chi connectivity index (χ2n) is 5.13. The van der Waals surface area contributed by atoms with Crippen molar-refractivity contribution in [2.75, 3.05) is 0 Å². The molecular formula is C16H20Cl2Si. The molecule has 0 aliphatic rings. The molecule has 0 amide bonds. The van der Waals surface area contributed by atoms with Crippen LogP contribution in [0, 0.1) is 0 Å². The molecule has 0 aliphatic carbocycles. The van der Waals surface area contributed by atoms with E-state index in [1.165, 1.54) is 23.3 Å². The molecule has 0 heterocycles. The SMILES string of the molecule is CC[Si](CC)(CC)c1cc(Cl)c2cccc(Cl)c2c1. The number of hydrogen-bond acceptors (Lipinski definition) is 0. The molecule has 2 aromatic rings. The van der Waals surface area contributed by atoms with Crippen LogP contribution in [0.15, 0.2) is 30.3 Å². The summed E-state index contributed by atoms with van der Waals surface area (Å²) in [7, 11) is -1.41. The molecule has 0 fully saturated rings. The predicted molar refractivity (Wildman–Crippen MR) is 90.8 cm³/mol. The smallest absolute Gasteiger partial charge is 0.0837 e. The summed E-state index contributed by atoms with van der Waals surface area (Å²) in [5.74, 6) is 0. The summed E-state index contributed by atoms with van der Waals surface area (Å²) in [6.07, 6.45) is 0. The van der Waals surface area contributed by atoms with Gasteiger partial charge < -0.3 is 0 Å². The van der Waals surface area contributed by atoms with E-state index in [4.69, 9.17) is 23.2 Å². The van der Waals surface area contributed by atoms with Gasteiger partial charge in [0.05, 0.1) is 8.07 Å². The highest BCUT2D eigenvalue weighted by Gasteiger charge is 2.29. The molecule has 0 saturated heterocycles. The van der Waals surface area contributed by atoms with Gasteiger partial charge >= 0.3 is 0 Å². The van der Waals surface area contributed by atoms with Gasteiger partial charge in [0.25, 0.3) is 0 Å². The molecule has 102 valence electrons. The van der Waals surface area contributed by atoms with Crippen molar-refractivity contribution in [3.8, 4) is 0 Å². The Morgan fingerprint density at radius 3 is 2.05 bits per heavy atom. The first-order valence-electron chi connectivity index (χ1n) is 6.96. The van der Waals surface area contributed by atoms with Crippen molar-refractivity contribution >= 4 is 47.2 Å². The Morgan fingerprint density at radius 2 is 1.47 bits per heavy atom. The average molecular weight is 311 g/mol. The molecule has 0 radical (unpaired) electrons. The second kappa shape index (κ2) is 5.86. The Hall–Kier alpha value is -0.503. The minimum atomic E-state index is -1.41. The molecule has 0 unspecified atom stereocenters. The van der Waals surface area contributed by atoms with E-state index in [2.05, 4.69) is 32.9 Å². The number of hydrogen-bond donors (Lipinski definition) is 0. The maximum Gasteiger partial charge on any atom is 0.0860 e. The van der Waals surface area contributed by atoms with E-state index in [0.29, 0.717) is 0 Å². The van der Waals surface area contributed by atoms with Crippen molar-refractivity contribution in [1.82, 2.24) is 0 Å². The summed E-state index contributed by atoms with van der Waals surface area (Å²) >= 11 is 12.8. The second-order valence-corrected chi connectivity index (χ2v) is 11.2. The summed E-state index contributed by atoms with van der Waals surface area (Å²) < 4.78 is 0. The third-order valence-electron chi connectivity index (χ3n) is 4.53. The highest BCUT2D eigenvalue weighted by Crippen LogP contribution is 2.31. The van der Waals surface area contributed by atoms with Crippen LogP contribution in [0.1, 0.15) is 20.8 Å². The van der Waals surface area contributed by atoms with Gasteiger partial charge in [0, 0.05) is 20.8 Å². The Morgan fingerprint density at radius 1 is 0.842 bits per heavy atom. The highest BCUT2D eigenvalue weighted by atomic mass is 35.5. The zero-order valence-electron chi connectivity index (χ0n) is 11.8. The minimum Gasteiger partial charge on any atom is -0.0837 e. The van der Waals surface area contributed by atoms with Crippen molar-refractivity contribution in [3.63, 3.8) is 0 Å². The van der Waals surface area contributed by atoms with Gasteiger partial charge in [-0.2, -0.15) is 0 Å². The molecule has 0 atom stereocenters. The number of fused-ring (bicyclic) bond motifs is 1. The standard InChI is InChI=1S/C16H20Cl2Si/c1-4-19(5-2,6-3)12-10-14-13(16(18)11-12)8-7-9-15(14)17/h7-11H,4-6H2,1-3H3. The lowest BCUT2D eigenvalue weighted by Gasteiger charge is -2.29. The van der Waals surface area contributed by atoms with Gasteiger partial charge in [0.15, 0.2) is 0 Å². The fourth-order valence-electron chi connectivity index (χ4n) is 2.97. The summed E-state index contributed by atoms with van der Waals surface area (Å²) in [5, 5.41) is 5.24. The van der Waals surface area contributed by atoms with Gasteiger partial charge in [0.1, 0.15) is 0 Å². The lowest BCUT2D eigenvalue weighted by atomic mass is 10.1. The molecule has 0 spiro atoms. The zero-order chi connectivity index (χ0) is 14.0. The van der Waals surface area contributed by atoms with Crippen LogP contribution >= 0.6 is 23.2 Å². The van der Waals surface area contributed by atoms with E-state index in [0.717, 1.165) is 20.8 Å². The van der Waals surface area contributed by atoms with Gasteiger partial charge in [-0.25, -0.2) is 0 Å². The fourth-order valence-corrected chi connectivity index (χ4v) is 7.20. The molecule has 0 aliphatic heterocycles. The molecule has 0 N–H and O–H groups in total. The van der Waals surface area contributed by atoms with Crippen molar-refractivity contribution < 1.29 is 0 Å². The van der Waals surface area contributed by atoms with Crippen LogP contribution in [0.2, 0.25) is 28.2 Å². The third kappa shape index (κ3) is 2.56. The van der Waals surface area contributed by atoms with Crippen molar-refractivity contribution in [3.05, 3.63) is 40.4 Å². The van der Waals surface area contributed by atoms with E-state index in [1.54, 1.807) is 0 Å². The molecular weight excluding hydrogens is 291 g/mol. The van der Waals surface area contributed by atoms with Crippen LogP contribution in [0.3, 0.4) is 0 Å². The van der Waals surface area contributed by atoms with E-state index < -0.39 is 8.07 Å². The summed E-state index contributed by atoms with van der Waals surface area (Å²) in [5.41, 5.74) is 0. The van der Waals surface area contributed by atoms with Crippen LogP contribution in [-0.2, 0) is 0 Å². The van der Waals surface area contributed by atoms with E-state index >= 15 is 0 Å². The normalized spacial score (nSPS) is 12.1. The van der Waals surface area contributed by atoms with Gasteiger partial charge in [-0.15, -0.1) is 0 Å². The van der Waals surface area contributed by atoms with Crippen LogP contribution in [0.25, 0.3) is 10.8 Å². The monoisotopic (exact) mass is 310 g/mol. The lowest BCUT2D eigenvalue weighted by molar-refractivity contribution is 1.20. The molecule has 19 heavy (non-hydrogen) atoms. The van der Waals surface area contributed by atoms with Gasteiger partial charge in [-0.1, -0.05) is 85.5 Å². The van der Waals surface area contributed by atoms with Gasteiger partial charge in [-0.05, 0) is 12.1 Å². The van der Waals surface area contributed by atoms with Crippen LogP contribution < -0.4 is 5.19 Å². The Labute approximate surface area is 126 Å². The third-order valence-corrected chi connectivity index (χ3v) is 10.8. The van der Waals surface area contributed by atoms with Crippen LogP contribution in [0.4, 0.5) is 0 Å². The summed E-state index contributed by atoms with van der Waals surface area (Å²) in [4.78, 5) is 0. The number of halogens is 2. The molecule has 0 nitrogen and oxygen atoms in total. The molecule has 2 rings (SSSR count). The maximum atomic E-state index is 6.47. The Bertz CT molecular complexity index is 580. The minimum absolute atomic E-state index is 0.799. The van der Waals surface area contributed by atoms with E-state index in [9.17, 15) is 0 Å². The Balaban J connectivity index is 2.72. The van der Waals surface area contributed by atoms with Gasteiger partial charge in [-0.3, -0.25) is 0 Å². The maximum absolute atomic E-state index is 6.47. The molecule has 2 aromatic carbocycles. The van der Waals surface area contributed by atoms with Crippen LogP contribution in [0.5, 0.6) is 0 Å². The zero-order valence-corrected chi connectivity index (χ0v) is 14.3. The van der Waals surface area contributed by atoms with Crippen molar-refractivity contribution in [2.45, 2.75) is 38.9 Å². The lowest BCUT2D eigenvalue weighted by Crippen LogP contribution is -2.45. The average Bonchev–Trinajstić information content (AvgIpc) is 2.43. The van der Waals surface area contributed by atoms with E-state index in [-0.39, 0.29) is 0 Å². The first-order chi connectivity index (χ1) is 9.07. The number of rotatable bonds is 4. The van der Waals surface area contributed by atoms with Crippen molar-refractivity contribution in [2.24, 2.45) is 0 Å².